The Hall–Kier alpha value is -3.71. The fourth-order valence-corrected chi connectivity index (χ4v) is 4.42. The van der Waals surface area contributed by atoms with Crippen molar-refractivity contribution in [2.45, 2.75) is 19.9 Å². The lowest BCUT2D eigenvalue weighted by atomic mass is 9.95. The van der Waals surface area contributed by atoms with Crippen LogP contribution in [0.3, 0.4) is 0 Å². The Morgan fingerprint density at radius 1 is 1.03 bits per heavy atom. The lowest BCUT2D eigenvalue weighted by Gasteiger charge is -2.23. The average Bonchev–Trinajstić information content (AvgIpc) is 3.33. The van der Waals surface area contributed by atoms with Gasteiger partial charge in [-0.15, -0.1) is 0 Å². The van der Waals surface area contributed by atoms with Crippen LogP contribution in [0.15, 0.2) is 76.8 Å². The Kier molecular flexibility index (Phi) is 5.13. The predicted molar refractivity (Wildman–Crippen MR) is 131 cm³/mol. The number of aromatic nitrogens is 2. The molecule has 1 unspecified atom stereocenters. The molecule has 0 bridgehead atoms. The summed E-state index contributed by atoms with van der Waals surface area (Å²) in [6.45, 7) is 3.86. The standard InChI is InChI=1S/C26H20BrN3O3/c1-14-8-11-19-20(12-14)29-26(28-19)30-22(16-6-4-3-5-7-16)21(24(32)25(30)33)23(31)17-9-10-18(27)15(2)13-17/h3-13,22,31H,1-2H3,(H,28,29)/b23-21+. The van der Waals surface area contributed by atoms with E-state index in [2.05, 4.69) is 25.9 Å². The van der Waals surface area contributed by atoms with Crippen LogP contribution in [-0.2, 0) is 9.59 Å². The van der Waals surface area contributed by atoms with E-state index in [0.29, 0.717) is 16.6 Å². The number of Topliss-reactive ketones (excluding diaryl/α,β-unsaturated/α-hetero) is 1. The normalized spacial score (nSPS) is 17.8. The molecule has 1 amide bonds. The lowest BCUT2D eigenvalue weighted by Crippen LogP contribution is -2.30. The van der Waals surface area contributed by atoms with Crippen molar-refractivity contribution in [2.75, 3.05) is 4.90 Å². The molecule has 4 aromatic rings. The van der Waals surface area contributed by atoms with Crippen molar-refractivity contribution in [3.8, 4) is 0 Å². The molecule has 1 aromatic heterocycles. The maximum atomic E-state index is 13.3. The zero-order chi connectivity index (χ0) is 23.3. The molecule has 1 aliphatic rings. The third kappa shape index (κ3) is 3.54. The molecule has 6 nitrogen and oxygen atoms in total. The molecule has 3 aromatic carbocycles. The molecule has 164 valence electrons. The van der Waals surface area contributed by atoms with Gasteiger partial charge in [0.25, 0.3) is 5.78 Å². The summed E-state index contributed by atoms with van der Waals surface area (Å²) in [5, 5.41) is 11.2. The van der Waals surface area contributed by atoms with Gasteiger partial charge in [-0.1, -0.05) is 58.4 Å². The highest BCUT2D eigenvalue weighted by Gasteiger charge is 2.48. The average molecular weight is 502 g/mol. The van der Waals surface area contributed by atoms with Crippen molar-refractivity contribution >= 4 is 50.4 Å². The number of ketones is 1. The van der Waals surface area contributed by atoms with Crippen LogP contribution >= 0.6 is 15.9 Å². The zero-order valence-electron chi connectivity index (χ0n) is 18.0. The van der Waals surface area contributed by atoms with E-state index >= 15 is 0 Å². The van der Waals surface area contributed by atoms with Crippen LogP contribution in [0.1, 0.15) is 28.3 Å². The van der Waals surface area contributed by atoms with Crippen LogP contribution in [0.2, 0.25) is 0 Å². The van der Waals surface area contributed by atoms with E-state index in [1.165, 1.54) is 4.90 Å². The number of anilines is 1. The molecule has 2 N–H and O–H groups in total. The lowest BCUT2D eigenvalue weighted by molar-refractivity contribution is -0.132. The number of nitrogens with zero attached hydrogens (tertiary/aromatic N) is 2. The van der Waals surface area contributed by atoms with Crippen molar-refractivity contribution < 1.29 is 14.7 Å². The number of nitrogens with one attached hydrogen (secondary N) is 1. The molecule has 1 atom stereocenters. The summed E-state index contributed by atoms with van der Waals surface area (Å²) in [7, 11) is 0. The topological polar surface area (TPSA) is 86.3 Å². The van der Waals surface area contributed by atoms with E-state index in [-0.39, 0.29) is 17.3 Å². The van der Waals surface area contributed by atoms with E-state index in [1.807, 2.05) is 62.4 Å². The third-order valence-corrected chi connectivity index (χ3v) is 6.73. The predicted octanol–water partition coefficient (Wildman–Crippen LogP) is 5.57. The minimum absolute atomic E-state index is 0.0320. The molecule has 1 fully saturated rings. The minimum Gasteiger partial charge on any atom is -0.507 e. The number of amides is 1. The van der Waals surface area contributed by atoms with Crippen molar-refractivity contribution in [3.63, 3.8) is 0 Å². The van der Waals surface area contributed by atoms with Gasteiger partial charge in [0.15, 0.2) is 0 Å². The monoisotopic (exact) mass is 501 g/mol. The van der Waals surface area contributed by atoms with Gasteiger partial charge in [0.1, 0.15) is 5.76 Å². The zero-order valence-corrected chi connectivity index (χ0v) is 19.6. The van der Waals surface area contributed by atoms with Gasteiger partial charge in [-0.25, -0.2) is 4.98 Å². The van der Waals surface area contributed by atoms with Gasteiger partial charge >= 0.3 is 5.91 Å². The number of fused-ring (bicyclic) bond motifs is 1. The molecule has 5 rings (SSSR count). The fraction of sp³-hybridized carbons (Fsp3) is 0.115. The largest absolute Gasteiger partial charge is 0.507 e. The highest BCUT2D eigenvalue weighted by Crippen LogP contribution is 2.41. The number of hydrogen-bond donors (Lipinski definition) is 2. The first kappa shape index (κ1) is 21.2. The molecule has 0 spiro atoms. The van der Waals surface area contributed by atoms with Crippen LogP contribution in [0.25, 0.3) is 16.8 Å². The number of aryl methyl sites for hydroxylation is 2. The highest BCUT2D eigenvalue weighted by atomic mass is 79.9. The summed E-state index contributed by atoms with van der Waals surface area (Å²) >= 11 is 3.45. The molecular weight excluding hydrogens is 482 g/mol. The second-order valence-electron chi connectivity index (χ2n) is 8.12. The van der Waals surface area contributed by atoms with Gasteiger partial charge in [-0.2, -0.15) is 0 Å². The van der Waals surface area contributed by atoms with Gasteiger partial charge in [0, 0.05) is 10.0 Å². The quantitative estimate of drug-likeness (QED) is 0.218. The van der Waals surface area contributed by atoms with E-state index in [0.717, 1.165) is 21.1 Å². The first-order chi connectivity index (χ1) is 15.8. The Morgan fingerprint density at radius 3 is 2.52 bits per heavy atom. The van der Waals surface area contributed by atoms with Crippen molar-refractivity contribution in [1.29, 1.82) is 0 Å². The van der Waals surface area contributed by atoms with Gasteiger partial charge in [0.2, 0.25) is 5.95 Å². The summed E-state index contributed by atoms with van der Waals surface area (Å²) < 4.78 is 0.886. The third-order valence-electron chi connectivity index (χ3n) is 5.84. The number of halogens is 1. The van der Waals surface area contributed by atoms with Gasteiger partial charge in [0.05, 0.1) is 22.6 Å². The second-order valence-corrected chi connectivity index (χ2v) is 8.98. The molecule has 2 heterocycles. The summed E-state index contributed by atoms with van der Waals surface area (Å²) in [6.07, 6.45) is 0. The van der Waals surface area contributed by atoms with Crippen LogP contribution in [0.4, 0.5) is 5.95 Å². The molecule has 0 aliphatic carbocycles. The molecule has 1 aliphatic heterocycles. The number of aromatic amines is 1. The van der Waals surface area contributed by atoms with E-state index in [4.69, 9.17) is 0 Å². The van der Waals surface area contributed by atoms with E-state index in [9.17, 15) is 14.7 Å². The number of carbonyl (C=O) groups excluding carboxylic acids is 2. The fourth-order valence-electron chi connectivity index (χ4n) is 4.17. The summed E-state index contributed by atoms with van der Waals surface area (Å²) in [5.74, 6) is -1.45. The molecule has 7 heteroatoms. The summed E-state index contributed by atoms with van der Waals surface area (Å²) in [4.78, 5) is 35.6. The number of aliphatic hydroxyl groups is 1. The van der Waals surface area contributed by atoms with Gasteiger partial charge in [-0.3, -0.25) is 14.5 Å². The van der Waals surface area contributed by atoms with Crippen molar-refractivity contribution in [2.24, 2.45) is 0 Å². The smallest absolute Gasteiger partial charge is 0.302 e. The summed E-state index contributed by atoms with van der Waals surface area (Å²) in [6, 6.07) is 19.4. The van der Waals surface area contributed by atoms with E-state index in [1.54, 1.807) is 18.2 Å². The summed E-state index contributed by atoms with van der Waals surface area (Å²) in [5.41, 5.74) is 4.60. The maximum absolute atomic E-state index is 13.3. The van der Waals surface area contributed by atoms with Crippen molar-refractivity contribution in [1.82, 2.24) is 9.97 Å². The molecule has 0 saturated carbocycles. The van der Waals surface area contributed by atoms with Crippen molar-refractivity contribution in [3.05, 3.63) is 99.0 Å². The van der Waals surface area contributed by atoms with Gasteiger partial charge < -0.3 is 10.1 Å². The van der Waals surface area contributed by atoms with E-state index < -0.39 is 17.7 Å². The van der Waals surface area contributed by atoms with Crippen LogP contribution in [0, 0.1) is 13.8 Å². The number of H-pyrrole nitrogens is 1. The Morgan fingerprint density at radius 2 is 1.79 bits per heavy atom. The van der Waals surface area contributed by atoms with Crippen LogP contribution < -0.4 is 4.90 Å². The minimum atomic E-state index is -0.822. The Bertz CT molecular complexity index is 1460. The van der Waals surface area contributed by atoms with Crippen LogP contribution in [0.5, 0.6) is 0 Å². The number of rotatable bonds is 3. The number of benzene rings is 3. The first-order valence-electron chi connectivity index (χ1n) is 10.4. The van der Waals surface area contributed by atoms with Crippen LogP contribution in [-0.4, -0.2) is 26.8 Å². The SMILES string of the molecule is Cc1ccc2nc(N3C(=O)C(=O)/C(=C(/O)c4ccc(Br)c(C)c4)C3c3ccccc3)[nH]c2c1. The number of hydrogen-bond acceptors (Lipinski definition) is 4. The second kappa shape index (κ2) is 8.01. The number of aliphatic hydroxyl groups excluding tert-OH is 1. The maximum Gasteiger partial charge on any atom is 0.302 e. The molecule has 1 saturated heterocycles. The highest BCUT2D eigenvalue weighted by molar-refractivity contribution is 9.10. The number of carbonyl (C=O) groups is 2. The number of imidazole rings is 1. The molecule has 0 radical (unpaired) electrons. The Balaban J connectivity index is 1.73. The molecular formula is C26H20BrN3O3. The molecule has 33 heavy (non-hydrogen) atoms. The Labute approximate surface area is 198 Å². The van der Waals surface area contributed by atoms with Gasteiger partial charge in [-0.05, 0) is 54.8 Å². The first-order valence-corrected chi connectivity index (χ1v) is 11.2.